The highest BCUT2D eigenvalue weighted by Gasteiger charge is 2.42. The Morgan fingerprint density at radius 3 is 1.04 bits per heavy atom. The molecule has 0 spiro atoms. The van der Waals surface area contributed by atoms with Crippen LogP contribution in [0.4, 0.5) is 0 Å². The molecule has 284 valence electrons. The zero-order chi connectivity index (χ0) is 35.7. The zero-order valence-corrected chi connectivity index (χ0v) is 33.6. The van der Waals surface area contributed by atoms with Crippen molar-refractivity contribution in [1.29, 1.82) is 0 Å². The third-order valence-corrected chi connectivity index (χ3v) is 9.37. The predicted octanol–water partition coefficient (Wildman–Crippen LogP) is 13.5. The molecule has 4 nitrogen and oxygen atoms in total. The van der Waals surface area contributed by atoms with Gasteiger partial charge in [-0.1, -0.05) is 140 Å². The van der Waals surface area contributed by atoms with E-state index in [4.69, 9.17) is 9.47 Å². The van der Waals surface area contributed by atoms with Crippen LogP contribution in [0.15, 0.2) is 60.1 Å². The number of hydrogen-bond acceptors (Lipinski definition) is 4. The van der Waals surface area contributed by atoms with Gasteiger partial charge in [0.15, 0.2) is 11.5 Å². The summed E-state index contributed by atoms with van der Waals surface area (Å²) >= 11 is 0. The predicted molar refractivity (Wildman–Crippen MR) is 217 cm³/mol. The SMILES string of the molecule is CCCCC/C=C\C/C=C\CCCCCCCCC1(CCCCCCCC/C=C\C/C=C\CCCCC)OC(CN(C)C)=C(CN(C)C)O1. The molecule has 0 fully saturated rings. The van der Waals surface area contributed by atoms with E-state index in [1.54, 1.807) is 0 Å². The summed E-state index contributed by atoms with van der Waals surface area (Å²) in [6.45, 7) is 6.14. The Morgan fingerprint density at radius 1 is 0.408 bits per heavy atom. The summed E-state index contributed by atoms with van der Waals surface area (Å²) in [5.74, 6) is 1.61. The van der Waals surface area contributed by atoms with E-state index in [9.17, 15) is 0 Å². The number of unbranched alkanes of at least 4 members (excludes halogenated alkanes) is 18. The van der Waals surface area contributed by atoms with Crippen molar-refractivity contribution >= 4 is 0 Å². The second-order valence-corrected chi connectivity index (χ2v) is 15.1. The van der Waals surface area contributed by atoms with Crippen LogP contribution in [0.2, 0.25) is 0 Å². The largest absolute Gasteiger partial charge is 0.452 e. The normalized spacial score (nSPS) is 15.0. The number of nitrogens with zero attached hydrogens (tertiary/aromatic N) is 2. The van der Waals surface area contributed by atoms with E-state index in [-0.39, 0.29) is 0 Å². The Bertz CT molecular complexity index is 826. The van der Waals surface area contributed by atoms with Gasteiger partial charge in [-0.2, -0.15) is 0 Å². The minimum Gasteiger partial charge on any atom is -0.452 e. The van der Waals surface area contributed by atoms with E-state index in [1.165, 1.54) is 141 Å². The van der Waals surface area contributed by atoms with Gasteiger partial charge in [-0.3, -0.25) is 0 Å². The molecule has 0 N–H and O–H groups in total. The van der Waals surface area contributed by atoms with E-state index in [2.05, 4.69) is 100 Å². The lowest BCUT2D eigenvalue weighted by atomic mass is 9.98. The van der Waals surface area contributed by atoms with E-state index < -0.39 is 5.79 Å². The Morgan fingerprint density at radius 2 is 0.714 bits per heavy atom. The lowest BCUT2D eigenvalue weighted by molar-refractivity contribution is -0.168. The fourth-order valence-electron chi connectivity index (χ4n) is 6.49. The van der Waals surface area contributed by atoms with Crippen LogP contribution in [0.25, 0.3) is 0 Å². The summed E-state index contributed by atoms with van der Waals surface area (Å²) in [5.41, 5.74) is 0. The minimum atomic E-state index is -0.471. The molecular weight excluding hydrogens is 601 g/mol. The monoisotopic (exact) mass is 683 g/mol. The molecule has 0 saturated carbocycles. The maximum absolute atomic E-state index is 6.79. The molecule has 0 bridgehead atoms. The molecular formula is C45H82N2O2. The van der Waals surface area contributed by atoms with Crippen LogP contribution in [0.3, 0.4) is 0 Å². The molecule has 49 heavy (non-hydrogen) atoms. The number of hydrogen-bond donors (Lipinski definition) is 0. The highest BCUT2D eigenvalue weighted by molar-refractivity contribution is 5.12. The fraction of sp³-hybridized carbons (Fsp3) is 0.778. The molecule has 1 aliphatic rings. The van der Waals surface area contributed by atoms with Crippen molar-refractivity contribution in [2.24, 2.45) is 0 Å². The molecule has 1 rings (SSSR count). The van der Waals surface area contributed by atoms with Gasteiger partial charge in [-0.15, -0.1) is 0 Å². The van der Waals surface area contributed by atoms with Gasteiger partial charge in [0.05, 0.1) is 13.1 Å². The smallest absolute Gasteiger partial charge is 0.250 e. The van der Waals surface area contributed by atoms with Crippen LogP contribution in [0, 0.1) is 0 Å². The first kappa shape index (κ1) is 45.2. The van der Waals surface area contributed by atoms with Crippen LogP contribution in [0.1, 0.15) is 181 Å². The quantitative estimate of drug-likeness (QED) is 0.0498. The van der Waals surface area contributed by atoms with Crippen molar-refractivity contribution in [3.63, 3.8) is 0 Å². The Balaban J connectivity index is 2.35. The van der Waals surface area contributed by atoms with E-state index >= 15 is 0 Å². The Hall–Kier alpha value is -1.78. The van der Waals surface area contributed by atoms with Gasteiger partial charge in [0.2, 0.25) is 0 Å². The van der Waals surface area contributed by atoms with E-state index in [0.717, 1.165) is 50.3 Å². The molecule has 0 aromatic heterocycles. The topological polar surface area (TPSA) is 24.9 Å². The molecule has 0 atom stereocenters. The summed E-state index contributed by atoms with van der Waals surface area (Å²) in [4.78, 5) is 4.40. The van der Waals surface area contributed by atoms with Crippen molar-refractivity contribution in [1.82, 2.24) is 9.80 Å². The number of allylic oxidation sites excluding steroid dienone is 8. The maximum atomic E-state index is 6.79. The summed E-state index contributed by atoms with van der Waals surface area (Å²) in [6.07, 6.45) is 51.4. The van der Waals surface area contributed by atoms with E-state index in [1.807, 2.05) is 0 Å². The summed E-state index contributed by atoms with van der Waals surface area (Å²) in [7, 11) is 8.48. The van der Waals surface area contributed by atoms with Gasteiger partial charge in [0.25, 0.3) is 5.79 Å². The van der Waals surface area contributed by atoms with Gasteiger partial charge >= 0.3 is 0 Å². The molecule has 1 heterocycles. The lowest BCUT2D eigenvalue weighted by Gasteiger charge is -2.30. The average Bonchev–Trinajstić information content (AvgIpc) is 3.39. The minimum absolute atomic E-state index is 0.471. The molecule has 0 unspecified atom stereocenters. The highest BCUT2D eigenvalue weighted by Crippen LogP contribution is 2.39. The Kier molecular flexibility index (Phi) is 29.7. The third-order valence-electron chi connectivity index (χ3n) is 9.37. The molecule has 1 aliphatic heterocycles. The second kappa shape index (κ2) is 32.1. The summed E-state index contributed by atoms with van der Waals surface area (Å²) < 4.78 is 13.6. The van der Waals surface area contributed by atoms with E-state index in [0.29, 0.717) is 0 Å². The van der Waals surface area contributed by atoms with Gasteiger partial charge < -0.3 is 19.3 Å². The molecule has 0 aliphatic carbocycles. The third kappa shape index (κ3) is 26.7. The first-order chi connectivity index (χ1) is 23.9. The first-order valence-electron chi connectivity index (χ1n) is 20.9. The van der Waals surface area contributed by atoms with Crippen molar-refractivity contribution in [3.05, 3.63) is 60.1 Å². The van der Waals surface area contributed by atoms with Crippen molar-refractivity contribution in [2.45, 2.75) is 187 Å². The molecule has 0 radical (unpaired) electrons. The standard InChI is InChI=1S/C45H82N2O2/c1-7-9-11-13-15-17-19-21-23-25-27-29-31-33-35-37-39-45(48-43(41-46(3)4)44(49-45)42-47(5)6)40-38-36-34-32-30-28-26-24-22-20-18-16-14-12-10-8-2/h15-18,21-24H,7-14,19-20,25-42H2,1-6H3/b17-15-,18-16-,23-21-,24-22-. The molecule has 4 heteroatoms. The number of rotatable bonds is 34. The summed E-state index contributed by atoms with van der Waals surface area (Å²) in [5, 5.41) is 0. The molecule has 0 amide bonds. The van der Waals surface area contributed by atoms with Crippen molar-refractivity contribution in [2.75, 3.05) is 41.3 Å². The lowest BCUT2D eigenvalue weighted by Crippen LogP contribution is -2.32. The van der Waals surface area contributed by atoms with Crippen LogP contribution >= 0.6 is 0 Å². The maximum Gasteiger partial charge on any atom is 0.250 e. The average molecular weight is 683 g/mol. The highest BCUT2D eigenvalue weighted by atomic mass is 16.7. The fourth-order valence-corrected chi connectivity index (χ4v) is 6.49. The molecule has 0 saturated heterocycles. The van der Waals surface area contributed by atoms with Gasteiger partial charge in [0, 0.05) is 12.8 Å². The molecule has 0 aromatic rings. The van der Waals surface area contributed by atoms with Crippen LogP contribution in [-0.2, 0) is 9.47 Å². The van der Waals surface area contributed by atoms with Gasteiger partial charge in [-0.25, -0.2) is 0 Å². The molecule has 0 aromatic carbocycles. The van der Waals surface area contributed by atoms with Crippen molar-refractivity contribution < 1.29 is 9.47 Å². The van der Waals surface area contributed by atoms with Crippen molar-refractivity contribution in [3.8, 4) is 0 Å². The summed E-state index contributed by atoms with van der Waals surface area (Å²) in [6, 6.07) is 0. The van der Waals surface area contributed by atoms with Crippen LogP contribution in [0.5, 0.6) is 0 Å². The first-order valence-corrected chi connectivity index (χ1v) is 20.9. The number of likely N-dealkylation sites (N-methyl/N-ethyl adjacent to an activating group) is 2. The van der Waals surface area contributed by atoms with Gasteiger partial charge in [0.1, 0.15) is 0 Å². The Labute approximate surface area is 306 Å². The second-order valence-electron chi connectivity index (χ2n) is 15.1. The zero-order valence-electron chi connectivity index (χ0n) is 33.6. The van der Waals surface area contributed by atoms with Crippen LogP contribution in [-0.4, -0.2) is 56.9 Å². The number of ether oxygens (including phenoxy) is 2. The van der Waals surface area contributed by atoms with Gasteiger partial charge in [-0.05, 0) is 105 Å². The van der Waals surface area contributed by atoms with Crippen LogP contribution < -0.4 is 0 Å².